The highest BCUT2D eigenvalue weighted by Crippen LogP contribution is 2.04. The largest absolute Gasteiger partial charge is 0.383 e. The first-order chi connectivity index (χ1) is 11.0. The van der Waals surface area contributed by atoms with E-state index in [9.17, 15) is 9.59 Å². The maximum Gasteiger partial charge on any atom is 0.278 e. The van der Waals surface area contributed by atoms with Crippen LogP contribution in [0.5, 0.6) is 0 Å². The molecule has 1 heterocycles. The van der Waals surface area contributed by atoms with E-state index in [2.05, 4.69) is 10.3 Å². The Morgan fingerprint density at radius 3 is 2.78 bits per heavy atom. The van der Waals surface area contributed by atoms with Crippen LogP contribution in [0.4, 0.5) is 0 Å². The second-order valence-electron chi connectivity index (χ2n) is 5.80. The molecule has 7 heteroatoms. The summed E-state index contributed by atoms with van der Waals surface area (Å²) in [6.07, 6.45) is 0. The molecular weight excluding hydrogens is 296 g/mol. The van der Waals surface area contributed by atoms with Crippen LogP contribution in [0.1, 0.15) is 13.8 Å². The van der Waals surface area contributed by atoms with Gasteiger partial charge in [-0.2, -0.15) is 0 Å². The molecule has 0 radical (unpaired) electrons. The fourth-order valence-electron chi connectivity index (χ4n) is 2.32. The maximum atomic E-state index is 12.5. The Morgan fingerprint density at radius 2 is 2.09 bits per heavy atom. The van der Waals surface area contributed by atoms with Crippen LogP contribution in [-0.4, -0.2) is 52.6 Å². The number of ether oxygens (including phenoxy) is 1. The van der Waals surface area contributed by atoms with Crippen LogP contribution in [0, 0.1) is 5.92 Å². The second-order valence-corrected chi connectivity index (χ2v) is 5.80. The fraction of sp³-hybridized carbons (Fsp3) is 0.500. The lowest BCUT2D eigenvalue weighted by atomic mass is 10.2. The van der Waals surface area contributed by atoms with Crippen molar-refractivity contribution in [3.8, 4) is 0 Å². The van der Waals surface area contributed by atoms with Crippen molar-refractivity contribution in [3.05, 3.63) is 34.6 Å². The van der Waals surface area contributed by atoms with Crippen LogP contribution in [0.25, 0.3) is 10.9 Å². The minimum Gasteiger partial charge on any atom is -0.383 e. The van der Waals surface area contributed by atoms with E-state index in [4.69, 9.17) is 4.74 Å². The van der Waals surface area contributed by atoms with E-state index in [-0.39, 0.29) is 18.0 Å². The standard InChI is InChI=1S/C16H22N4O3/c1-12(2)10-19(8-9-23-3)15(21)11-20-16(22)13-6-4-5-7-14(13)17-18-20/h4-7,12H,8-11H2,1-3H3. The third-order valence-corrected chi connectivity index (χ3v) is 3.42. The molecule has 0 atom stereocenters. The van der Waals surface area contributed by atoms with Crippen molar-refractivity contribution in [1.82, 2.24) is 19.9 Å². The summed E-state index contributed by atoms with van der Waals surface area (Å²) in [7, 11) is 1.59. The van der Waals surface area contributed by atoms with Gasteiger partial charge in [0.05, 0.1) is 12.0 Å². The monoisotopic (exact) mass is 318 g/mol. The quantitative estimate of drug-likeness (QED) is 0.759. The predicted molar refractivity (Wildman–Crippen MR) is 87.1 cm³/mol. The van der Waals surface area contributed by atoms with Gasteiger partial charge in [0.1, 0.15) is 12.1 Å². The Hall–Kier alpha value is -2.28. The Labute approximate surface area is 134 Å². The Morgan fingerprint density at radius 1 is 1.35 bits per heavy atom. The van der Waals surface area contributed by atoms with Gasteiger partial charge in [-0.25, -0.2) is 4.68 Å². The summed E-state index contributed by atoms with van der Waals surface area (Å²) in [4.78, 5) is 26.6. The van der Waals surface area contributed by atoms with Crippen molar-refractivity contribution in [2.24, 2.45) is 5.92 Å². The highest BCUT2D eigenvalue weighted by Gasteiger charge is 2.17. The van der Waals surface area contributed by atoms with E-state index < -0.39 is 0 Å². The number of benzene rings is 1. The molecule has 1 aromatic heterocycles. The number of hydrogen-bond donors (Lipinski definition) is 0. The molecule has 23 heavy (non-hydrogen) atoms. The topological polar surface area (TPSA) is 77.3 Å². The summed E-state index contributed by atoms with van der Waals surface area (Å²) in [6.45, 7) is 5.51. The Bertz CT molecular complexity index is 727. The van der Waals surface area contributed by atoms with E-state index in [1.165, 1.54) is 0 Å². The molecule has 1 aromatic carbocycles. The molecule has 0 fully saturated rings. The van der Waals surface area contributed by atoms with Gasteiger partial charge in [0.15, 0.2) is 0 Å². The molecule has 0 saturated carbocycles. The van der Waals surface area contributed by atoms with Crippen LogP contribution in [-0.2, 0) is 16.1 Å². The summed E-state index contributed by atoms with van der Waals surface area (Å²) in [5.74, 6) is 0.164. The lowest BCUT2D eigenvalue weighted by molar-refractivity contribution is -0.133. The molecule has 0 aliphatic carbocycles. The van der Waals surface area contributed by atoms with Gasteiger partial charge < -0.3 is 9.64 Å². The molecule has 7 nitrogen and oxygen atoms in total. The summed E-state index contributed by atoms with van der Waals surface area (Å²) in [6, 6.07) is 6.96. The summed E-state index contributed by atoms with van der Waals surface area (Å²) >= 11 is 0. The number of fused-ring (bicyclic) bond motifs is 1. The lowest BCUT2D eigenvalue weighted by Gasteiger charge is -2.24. The van der Waals surface area contributed by atoms with Gasteiger partial charge in [-0.3, -0.25) is 9.59 Å². The van der Waals surface area contributed by atoms with Crippen molar-refractivity contribution >= 4 is 16.8 Å². The van der Waals surface area contributed by atoms with Gasteiger partial charge in [-0.05, 0) is 18.1 Å². The Kier molecular flexibility index (Phi) is 5.81. The second kappa shape index (κ2) is 7.82. The van der Waals surface area contributed by atoms with Gasteiger partial charge >= 0.3 is 0 Å². The van der Waals surface area contributed by atoms with Crippen LogP contribution >= 0.6 is 0 Å². The third kappa shape index (κ3) is 4.35. The Balaban J connectivity index is 2.20. The van der Waals surface area contributed by atoms with Crippen molar-refractivity contribution in [2.75, 3.05) is 26.8 Å². The van der Waals surface area contributed by atoms with Gasteiger partial charge in [0, 0.05) is 20.2 Å². The minimum atomic E-state index is -0.305. The van der Waals surface area contributed by atoms with E-state index in [0.29, 0.717) is 36.5 Å². The molecule has 124 valence electrons. The van der Waals surface area contributed by atoms with Crippen LogP contribution < -0.4 is 5.56 Å². The highest BCUT2D eigenvalue weighted by atomic mass is 16.5. The fourth-order valence-corrected chi connectivity index (χ4v) is 2.32. The smallest absolute Gasteiger partial charge is 0.278 e. The molecule has 0 spiro atoms. The SMILES string of the molecule is COCCN(CC(C)C)C(=O)Cn1nnc2ccccc2c1=O. The zero-order chi connectivity index (χ0) is 16.8. The van der Waals surface area contributed by atoms with Gasteiger partial charge in [-0.15, -0.1) is 5.10 Å². The molecule has 0 saturated heterocycles. The van der Waals surface area contributed by atoms with Gasteiger partial charge in [-0.1, -0.05) is 31.2 Å². The first kappa shape index (κ1) is 17.1. The first-order valence-corrected chi connectivity index (χ1v) is 7.62. The lowest BCUT2D eigenvalue weighted by Crippen LogP contribution is -2.41. The number of rotatable bonds is 7. The van der Waals surface area contributed by atoms with Crippen molar-refractivity contribution in [1.29, 1.82) is 0 Å². The number of nitrogens with zero attached hydrogens (tertiary/aromatic N) is 4. The average Bonchev–Trinajstić information content (AvgIpc) is 2.54. The van der Waals surface area contributed by atoms with Crippen LogP contribution in [0.3, 0.4) is 0 Å². The van der Waals surface area contributed by atoms with Crippen molar-refractivity contribution in [2.45, 2.75) is 20.4 Å². The average molecular weight is 318 g/mol. The van der Waals surface area contributed by atoms with E-state index >= 15 is 0 Å². The molecule has 0 bridgehead atoms. The summed E-state index contributed by atoms with van der Waals surface area (Å²) in [5.41, 5.74) is 0.222. The number of carbonyl (C=O) groups is 1. The molecule has 0 N–H and O–H groups in total. The van der Waals surface area contributed by atoms with Gasteiger partial charge in [0.2, 0.25) is 5.91 Å². The van der Waals surface area contributed by atoms with Crippen molar-refractivity contribution in [3.63, 3.8) is 0 Å². The zero-order valence-corrected chi connectivity index (χ0v) is 13.7. The van der Waals surface area contributed by atoms with E-state index in [1.54, 1.807) is 36.3 Å². The minimum absolute atomic E-state index is 0.118. The van der Waals surface area contributed by atoms with E-state index in [1.807, 2.05) is 13.8 Å². The number of methoxy groups -OCH3 is 1. The maximum absolute atomic E-state index is 12.5. The number of carbonyl (C=O) groups excluding carboxylic acids is 1. The highest BCUT2D eigenvalue weighted by molar-refractivity contribution is 5.78. The summed E-state index contributed by atoms with van der Waals surface area (Å²) in [5, 5.41) is 8.32. The molecule has 1 amide bonds. The van der Waals surface area contributed by atoms with E-state index in [0.717, 1.165) is 4.68 Å². The summed E-state index contributed by atoms with van der Waals surface area (Å²) < 4.78 is 6.16. The first-order valence-electron chi connectivity index (χ1n) is 7.62. The number of aromatic nitrogens is 3. The molecule has 0 unspecified atom stereocenters. The molecular formula is C16H22N4O3. The predicted octanol–water partition coefficient (Wildman–Crippen LogP) is 0.922. The van der Waals surface area contributed by atoms with Crippen LogP contribution in [0.2, 0.25) is 0 Å². The van der Waals surface area contributed by atoms with Crippen molar-refractivity contribution < 1.29 is 9.53 Å². The third-order valence-electron chi connectivity index (χ3n) is 3.42. The normalized spacial score (nSPS) is 11.1. The molecule has 0 aliphatic heterocycles. The number of amides is 1. The zero-order valence-electron chi connectivity index (χ0n) is 13.7. The molecule has 2 rings (SSSR count). The van der Waals surface area contributed by atoms with Gasteiger partial charge in [0.25, 0.3) is 5.56 Å². The van der Waals surface area contributed by atoms with Crippen LogP contribution in [0.15, 0.2) is 29.1 Å². The molecule has 0 aliphatic rings. The molecule has 2 aromatic rings. The number of hydrogen-bond acceptors (Lipinski definition) is 5.